The first-order chi connectivity index (χ1) is 8.90. The van der Waals surface area contributed by atoms with Gasteiger partial charge in [0.1, 0.15) is 11.5 Å². The second-order valence-corrected chi connectivity index (χ2v) is 4.39. The summed E-state index contributed by atoms with van der Waals surface area (Å²) in [5, 5.41) is 14.8. The van der Waals surface area contributed by atoms with Gasteiger partial charge in [-0.25, -0.2) is 9.07 Å². The predicted octanol–water partition coefficient (Wildman–Crippen LogP) is 2.52. The average Bonchev–Trinajstić information content (AvgIpc) is 2.59. The quantitative estimate of drug-likeness (QED) is 0.693. The standard InChI is InChI=1S/C11H10ClFN4O2/c1-6-10(17(18)19)11(14)16(15-6)5-7-2-3-8(12)9(13)4-7/h2-4H,5,14H2,1H3. The lowest BCUT2D eigenvalue weighted by Crippen LogP contribution is -2.07. The summed E-state index contributed by atoms with van der Waals surface area (Å²) in [6.45, 7) is 1.63. The Balaban J connectivity index is 2.36. The molecule has 19 heavy (non-hydrogen) atoms. The molecule has 6 nitrogen and oxygen atoms in total. The monoisotopic (exact) mass is 284 g/mol. The van der Waals surface area contributed by atoms with Crippen molar-refractivity contribution in [3.8, 4) is 0 Å². The number of nitrogen functional groups attached to an aromatic ring is 1. The number of benzene rings is 1. The SMILES string of the molecule is Cc1nn(Cc2ccc(Cl)c(F)c2)c(N)c1[N+](=O)[O-]. The number of nitro groups is 1. The van der Waals surface area contributed by atoms with Gasteiger partial charge in [0.05, 0.1) is 16.5 Å². The van der Waals surface area contributed by atoms with Crippen LogP contribution in [0.3, 0.4) is 0 Å². The molecule has 0 fully saturated rings. The largest absolute Gasteiger partial charge is 0.378 e. The Bertz CT molecular complexity index is 656. The first-order valence-corrected chi connectivity index (χ1v) is 5.69. The Labute approximate surface area is 112 Å². The molecule has 0 spiro atoms. The lowest BCUT2D eigenvalue weighted by atomic mass is 10.2. The van der Waals surface area contributed by atoms with Crippen molar-refractivity contribution in [2.45, 2.75) is 13.5 Å². The molecule has 0 amide bonds. The highest BCUT2D eigenvalue weighted by atomic mass is 35.5. The van der Waals surface area contributed by atoms with Crippen LogP contribution in [0.2, 0.25) is 5.02 Å². The van der Waals surface area contributed by atoms with Gasteiger partial charge in [-0.2, -0.15) is 5.10 Å². The van der Waals surface area contributed by atoms with Gasteiger partial charge >= 0.3 is 5.69 Å². The summed E-state index contributed by atoms with van der Waals surface area (Å²) in [7, 11) is 0. The van der Waals surface area contributed by atoms with Crippen molar-refractivity contribution in [3.63, 3.8) is 0 Å². The fraction of sp³-hybridized carbons (Fsp3) is 0.182. The van der Waals surface area contributed by atoms with E-state index in [1.165, 1.54) is 23.7 Å². The van der Waals surface area contributed by atoms with Crippen LogP contribution < -0.4 is 5.73 Å². The lowest BCUT2D eigenvalue weighted by Gasteiger charge is -2.04. The highest BCUT2D eigenvalue weighted by Crippen LogP contribution is 2.26. The third-order valence-electron chi connectivity index (χ3n) is 2.63. The number of nitrogens with zero attached hydrogens (tertiary/aromatic N) is 3. The van der Waals surface area contributed by atoms with Crippen LogP contribution in [0, 0.1) is 22.9 Å². The van der Waals surface area contributed by atoms with E-state index in [0.29, 0.717) is 5.56 Å². The van der Waals surface area contributed by atoms with Gasteiger partial charge < -0.3 is 5.73 Å². The van der Waals surface area contributed by atoms with Gasteiger partial charge in [0.25, 0.3) is 0 Å². The van der Waals surface area contributed by atoms with Crippen molar-refractivity contribution in [1.82, 2.24) is 9.78 Å². The lowest BCUT2D eigenvalue weighted by molar-refractivity contribution is -0.384. The predicted molar refractivity (Wildman–Crippen MR) is 68.5 cm³/mol. The Hall–Kier alpha value is -2.15. The Morgan fingerprint density at radius 2 is 2.26 bits per heavy atom. The van der Waals surface area contributed by atoms with E-state index in [0.717, 1.165) is 0 Å². The minimum absolute atomic E-state index is 0.0133. The molecule has 0 bridgehead atoms. The first-order valence-electron chi connectivity index (χ1n) is 5.31. The number of halogens is 2. The second kappa shape index (κ2) is 4.85. The third kappa shape index (κ3) is 2.50. The fourth-order valence-corrected chi connectivity index (χ4v) is 1.86. The Morgan fingerprint density at radius 3 is 2.79 bits per heavy atom. The number of aryl methyl sites for hydroxylation is 1. The molecule has 0 radical (unpaired) electrons. The van der Waals surface area contributed by atoms with Crippen molar-refractivity contribution < 1.29 is 9.31 Å². The topological polar surface area (TPSA) is 87.0 Å². The highest BCUT2D eigenvalue weighted by molar-refractivity contribution is 6.30. The highest BCUT2D eigenvalue weighted by Gasteiger charge is 2.22. The van der Waals surface area contributed by atoms with Crippen LogP contribution in [0.5, 0.6) is 0 Å². The van der Waals surface area contributed by atoms with E-state index in [9.17, 15) is 14.5 Å². The molecule has 0 saturated carbocycles. The Kier molecular flexibility index (Phi) is 3.39. The summed E-state index contributed by atoms with van der Waals surface area (Å²) in [4.78, 5) is 10.2. The van der Waals surface area contributed by atoms with Gasteiger partial charge in [-0.15, -0.1) is 0 Å². The van der Waals surface area contributed by atoms with E-state index in [-0.39, 0.29) is 28.8 Å². The number of hydrogen-bond donors (Lipinski definition) is 1. The molecule has 2 rings (SSSR count). The van der Waals surface area contributed by atoms with E-state index in [1.807, 2.05) is 0 Å². The van der Waals surface area contributed by atoms with E-state index < -0.39 is 10.7 Å². The van der Waals surface area contributed by atoms with Gasteiger partial charge in [-0.3, -0.25) is 10.1 Å². The zero-order chi connectivity index (χ0) is 14.2. The van der Waals surface area contributed by atoms with Crippen LogP contribution in [0.1, 0.15) is 11.3 Å². The molecule has 100 valence electrons. The molecule has 0 atom stereocenters. The van der Waals surface area contributed by atoms with E-state index in [1.54, 1.807) is 6.07 Å². The number of rotatable bonds is 3. The molecule has 0 aliphatic carbocycles. The number of aromatic nitrogens is 2. The maximum Gasteiger partial charge on any atom is 0.333 e. The van der Waals surface area contributed by atoms with Crippen LogP contribution in [0.4, 0.5) is 15.9 Å². The molecule has 1 heterocycles. The molecule has 2 N–H and O–H groups in total. The average molecular weight is 285 g/mol. The number of anilines is 1. The van der Waals surface area contributed by atoms with Crippen molar-refractivity contribution >= 4 is 23.1 Å². The van der Waals surface area contributed by atoms with Crippen LogP contribution in [-0.2, 0) is 6.54 Å². The molecule has 1 aromatic heterocycles. The first kappa shape index (κ1) is 13.3. The third-order valence-corrected chi connectivity index (χ3v) is 2.94. The molecular formula is C11H10ClFN4O2. The van der Waals surface area contributed by atoms with Crippen LogP contribution in [0.25, 0.3) is 0 Å². The van der Waals surface area contributed by atoms with Crippen molar-refractivity contribution in [2.24, 2.45) is 0 Å². The van der Waals surface area contributed by atoms with E-state index in [4.69, 9.17) is 17.3 Å². The van der Waals surface area contributed by atoms with E-state index in [2.05, 4.69) is 5.10 Å². The molecule has 0 aliphatic rings. The number of hydrogen-bond acceptors (Lipinski definition) is 4. The van der Waals surface area contributed by atoms with Gasteiger partial charge in [-0.05, 0) is 24.6 Å². The van der Waals surface area contributed by atoms with Crippen molar-refractivity contribution in [1.29, 1.82) is 0 Å². The van der Waals surface area contributed by atoms with E-state index >= 15 is 0 Å². The molecule has 0 aliphatic heterocycles. The van der Waals surface area contributed by atoms with Gasteiger partial charge in [-0.1, -0.05) is 17.7 Å². The Morgan fingerprint density at radius 1 is 1.58 bits per heavy atom. The maximum atomic E-state index is 13.3. The van der Waals surface area contributed by atoms with Gasteiger partial charge in [0, 0.05) is 0 Å². The summed E-state index contributed by atoms with van der Waals surface area (Å²) in [5.41, 5.74) is 6.21. The minimum atomic E-state index is -0.587. The zero-order valence-corrected chi connectivity index (χ0v) is 10.7. The molecule has 0 unspecified atom stereocenters. The summed E-state index contributed by atoms with van der Waals surface area (Å²) in [6, 6.07) is 4.26. The van der Waals surface area contributed by atoms with Crippen LogP contribution in [0.15, 0.2) is 18.2 Å². The second-order valence-electron chi connectivity index (χ2n) is 3.98. The minimum Gasteiger partial charge on any atom is -0.378 e. The number of nitrogens with two attached hydrogens (primary N) is 1. The summed E-state index contributed by atoms with van der Waals surface area (Å²) >= 11 is 5.57. The van der Waals surface area contributed by atoms with Gasteiger partial charge in [0.15, 0.2) is 0 Å². The molecule has 0 saturated heterocycles. The molecular weight excluding hydrogens is 275 g/mol. The van der Waals surface area contributed by atoms with Crippen LogP contribution >= 0.6 is 11.6 Å². The molecule has 8 heteroatoms. The molecule has 1 aromatic carbocycles. The summed E-state index contributed by atoms with van der Waals surface area (Å²) in [6.07, 6.45) is 0. The van der Waals surface area contributed by atoms with Crippen molar-refractivity contribution in [3.05, 3.63) is 50.4 Å². The smallest absolute Gasteiger partial charge is 0.333 e. The molecule has 2 aromatic rings. The van der Waals surface area contributed by atoms with Crippen molar-refractivity contribution in [2.75, 3.05) is 5.73 Å². The van der Waals surface area contributed by atoms with Gasteiger partial charge in [0.2, 0.25) is 5.82 Å². The summed E-state index contributed by atoms with van der Waals surface area (Å²) < 4.78 is 14.6. The van der Waals surface area contributed by atoms with Crippen LogP contribution in [-0.4, -0.2) is 14.7 Å². The fourth-order valence-electron chi connectivity index (χ4n) is 1.75. The zero-order valence-electron chi connectivity index (χ0n) is 9.93. The maximum absolute atomic E-state index is 13.3. The summed E-state index contributed by atoms with van der Waals surface area (Å²) in [5.74, 6) is -0.617. The normalized spacial score (nSPS) is 10.7.